The zero-order valence-corrected chi connectivity index (χ0v) is 15.6. The molecule has 0 amide bonds. The van der Waals surface area contributed by atoms with Crippen molar-refractivity contribution in [2.75, 3.05) is 12.4 Å². The first-order chi connectivity index (χ1) is 13.7. The van der Waals surface area contributed by atoms with Crippen LogP contribution in [0.5, 0.6) is 5.75 Å². The number of esters is 1. The van der Waals surface area contributed by atoms with Crippen molar-refractivity contribution in [2.24, 2.45) is 0 Å². The van der Waals surface area contributed by atoms with E-state index in [1.807, 2.05) is 61.5 Å². The summed E-state index contributed by atoms with van der Waals surface area (Å²) in [6.07, 6.45) is 1.45. The maximum Gasteiger partial charge on any atom is 0.338 e. The monoisotopic (exact) mass is 376 g/mol. The summed E-state index contributed by atoms with van der Waals surface area (Å²) in [6, 6.07) is 17.1. The molecule has 0 spiro atoms. The molecular weight excluding hydrogens is 356 g/mol. The van der Waals surface area contributed by atoms with Gasteiger partial charge in [0, 0.05) is 11.3 Å². The van der Waals surface area contributed by atoms with E-state index in [1.165, 1.54) is 13.4 Å². The van der Waals surface area contributed by atoms with E-state index in [4.69, 9.17) is 9.47 Å². The quantitative estimate of drug-likeness (QED) is 0.688. The summed E-state index contributed by atoms with van der Waals surface area (Å²) in [5, 5.41) is 7.43. The van der Waals surface area contributed by atoms with Crippen LogP contribution in [0, 0.1) is 0 Å². The summed E-state index contributed by atoms with van der Waals surface area (Å²) in [6.45, 7) is 2.24. The fourth-order valence-corrected chi connectivity index (χ4v) is 3.33. The molecule has 7 nitrogen and oxygen atoms in total. The third-order valence-corrected chi connectivity index (χ3v) is 4.65. The van der Waals surface area contributed by atoms with E-state index < -0.39 is 12.0 Å². The molecule has 4 rings (SSSR count). The molecule has 0 saturated heterocycles. The van der Waals surface area contributed by atoms with Crippen LogP contribution in [-0.4, -0.2) is 27.8 Å². The Balaban J connectivity index is 1.76. The molecule has 1 aliphatic rings. The Morgan fingerprint density at radius 2 is 1.89 bits per heavy atom. The minimum atomic E-state index is -0.502. The van der Waals surface area contributed by atoms with Gasteiger partial charge in [-0.1, -0.05) is 48.5 Å². The van der Waals surface area contributed by atoms with Crippen molar-refractivity contribution < 1.29 is 14.3 Å². The van der Waals surface area contributed by atoms with Crippen molar-refractivity contribution in [3.05, 3.63) is 83.3 Å². The standard InChI is InChI=1S/C21H20N4O3/c1-14-18(20(26)27-2)19(25-21(24-14)22-13-23-25)16-10-6-7-11-17(16)28-12-15-8-4-3-5-9-15/h3-11,13,19H,12H2,1-2H3,(H,22,23,24)/t19-/m0/s1. The zero-order valence-electron chi connectivity index (χ0n) is 15.6. The fourth-order valence-electron chi connectivity index (χ4n) is 3.33. The predicted molar refractivity (Wildman–Crippen MR) is 104 cm³/mol. The number of para-hydroxylation sites is 1. The van der Waals surface area contributed by atoms with Gasteiger partial charge in [0.1, 0.15) is 24.7 Å². The number of rotatable bonds is 5. The van der Waals surface area contributed by atoms with Gasteiger partial charge in [-0.15, -0.1) is 0 Å². The second-order valence-electron chi connectivity index (χ2n) is 6.40. The average Bonchev–Trinajstić information content (AvgIpc) is 3.19. The molecule has 1 N–H and O–H groups in total. The zero-order chi connectivity index (χ0) is 19.5. The Hall–Kier alpha value is -3.61. The molecule has 1 aliphatic heterocycles. The van der Waals surface area contributed by atoms with Crippen molar-refractivity contribution in [3.63, 3.8) is 0 Å². The molecule has 0 saturated carbocycles. The number of ether oxygens (including phenoxy) is 2. The van der Waals surface area contributed by atoms with Crippen molar-refractivity contribution >= 4 is 11.9 Å². The molecule has 1 atom stereocenters. The van der Waals surface area contributed by atoms with Crippen LogP contribution < -0.4 is 10.1 Å². The molecule has 0 fully saturated rings. The van der Waals surface area contributed by atoms with Crippen LogP contribution in [0.4, 0.5) is 5.95 Å². The van der Waals surface area contributed by atoms with Crippen LogP contribution in [-0.2, 0) is 16.1 Å². The number of nitrogens with zero attached hydrogens (tertiary/aromatic N) is 3. The van der Waals surface area contributed by atoms with Gasteiger partial charge in [0.2, 0.25) is 5.95 Å². The third-order valence-electron chi connectivity index (χ3n) is 4.65. The molecule has 7 heteroatoms. The van der Waals surface area contributed by atoms with Crippen molar-refractivity contribution in [2.45, 2.75) is 19.6 Å². The highest BCUT2D eigenvalue weighted by molar-refractivity contribution is 5.92. The Morgan fingerprint density at radius 1 is 1.14 bits per heavy atom. The number of methoxy groups -OCH3 is 1. The van der Waals surface area contributed by atoms with E-state index in [-0.39, 0.29) is 0 Å². The molecule has 2 aromatic carbocycles. The van der Waals surface area contributed by atoms with E-state index in [9.17, 15) is 4.79 Å². The largest absolute Gasteiger partial charge is 0.489 e. The van der Waals surface area contributed by atoms with Crippen LogP contribution in [0.25, 0.3) is 0 Å². The molecule has 0 bridgehead atoms. The second-order valence-corrected chi connectivity index (χ2v) is 6.40. The van der Waals surface area contributed by atoms with Crippen LogP contribution >= 0.6 is 0 Å². The van der Waals surface area contributed by atoms with Crippen LogP contribution in [0.1, 0.15) is 24.1 Å². The van der Waals surface area contributed by atoms with Gasteiger partial charge in [0.15, 0.2) is 0 Å². The van der Waals surface area contributed by atoms with Crippen molar-refractivity contribution in [3.8, 4) is 5.75 Å². The van der Waals surface area contributed by atoms with Gasteiger partial charge in [-0.3, -0.25) is 0 Å². The molecule has 1 aromatic heterocycles. The molecule has 0 radical (unpaired) electrons. The number of benzene rings is 2. The summed E-state index contributed by atoms with van der Waals surface area (Å²) < 4.78 is 12.8. The number of fused-ring (bicyclic) bond motifs is 1. The number of hydrogen-bond acceptors (Lipinski definition) is 6. The van der Waals surface area contributed by atoms with Crippen LogP contribution in [0.15, 0.2) is 72.2 Å². The Kier molecular flexibility index (Phi) is 4.80. The Bertz CT molecular complexity index is 1030. The van der Waals surface area contributed by atoms with Gasteiger partial charge in [0.05, 0.1) is 12.7 Å². The van der Waals surface area contributed by atoms with Gasteiger partial charge in [0.25, 0.3) is 0 Å². The summed E-state index contributed by atoms with van der Waals surface area (Å²) in [5.41, 5.74) is 3.02. The van der Waals surface area contributed by atoms with Crippen LogP contribution in [0.2, 0.25) is 0 Å². The fraction of sp³-hybridized carbons (Fsp3) is 0.190. The van der Waals surface area contributed by atoms with E-state index in [0.717, 1.165) is 11.1 Å². The van der Waals surface area contributed by atoms with Crippen LogP contribution in [0.3, 0.4) is 0 Å². The van der Waals surface area contributed by atoms with Gasteiger partial charge >= 0.3 is 5.97 Å². The molecule has 28 heavy (non-hydrogen) atoms. The smallest absolute Gasteiger partial charge is 0.338 e. The molecule has 0 unspecified atom stereocenters. The first-order valence-electron chi connectivity index (χ1n) is 8.90. The topological polar surface area (TPSA) is 78.3 Å². The molecule has 142 valence electrons. The maximum absolute atomic E-state index is 12.6. The minimum absolute atomic E-state index is 0.420. The van der Waals surface area contributed by atoms with Crippen molar-refractivity contribution in [1.29, 1.82) is 0 Å². The Morgan fingerprint density at radius 3 is 2.68 bits per heavy atom. The third kappa shape index (κ3) is 3.22. The lowest BCUT2D eigenvalue weighted by molar-refractivity contribution is -0.136. The number of hydrogen-bond donors (Lipinski definition) is 1. The van der Waals surface area contributed by atoms with E-state index in [1.54, 1.807) is 4.68 Å². The number of carbonyl (C=O) groups excluding carboxylic acids is 1. The summed E-state index contributed by atoms with van der Waals surface area (Å²) >= 11 is 0. The molecule has 3 aromatic rings. The SMILES string of the molecule is COC(=O)C1=C(C)Nc2ncnn2[C@H]1c1ccccc1OCc1ccccc1. The first-order valence-corrected chi connectivity index (χ1v) is 8.90. The predicted octanol–water partition coefficient (Wildman–Crippen LogP) is 3.32. The number of carbonyl (C=O) groups is 1. The lowest BCUT2D eigenvalue weighted by Gasteiger charge is -2.29. The van der Waals surface area contributed by atoms with Crippen molar-refractivity contribution in [1.82, 2.24) is 14.8 Å². The van der Waals surface area contributed by atoms with Gasteiger partial charge < -0.3 is 14.8 Å². The Labute approximate surface area is 162 Å². The van der Waals surface area contributed by atoms with E-state index in [2.05, 4.69) is 15.4 Å². The minimum Gasteiger partial charge on any atom is -0.489 e. The van der Waals surface area contributed by atoms with Gasteiger partial charge in [-0.05, 0) is 18.6 Å². The lowest BCUT2D eigenvalue weighted by Crippen LogP contribution is -2.29. The first kappa shape index (κ1) is 17.8. The van der Waals surface area contributed by atoms with Gasteiger partial charge in [-0.2, -0.15) is 10.1 Å². The molecule has 0 aliphatic carbocycles. The maximum atomic E-state index is 12.6. The lowest BCUT2D eigenvalue weighted by atomic mass is 9.95. The summed E-state index contributed by atoms with van der Waals surface area (Å²) in [4.78, 5) is 16.8. The molecule has 2 heterocycles. The summed E-state index contributed by atoms with van der Waals surface area (Å²) in [5.74, 6) is 0.816. The number of aromatic nitrogens is 3. The number of anilines is 1. The van der Waals surface area contributed by atoms with Gasteiger partial charge in [-0.25, -0.2) is 9.48 Å². The van der Waals surface area contributed by atoms with E-state index >= 15 is 0 Å². The average molecular weight is 376 g/mol. The highest BCUT2D eigenvalue weighted by atomic mass is 16.5. The van der Waals surface area contributed by atoms with E-state index in [0.29, 0.717) is 29.6 Å². The normalized spacial score (nSPS) is 15.6. The molecular formula is C21H20N4O3. The number of allylic oxidation sites excluding steroid dienone is 1. The summed E-state index contributed by atoms with van der Waals surface area (Å²) in [7, 11) is 1.37. The highest BCUT2D eigenvalue weighted by Crippen LogP contribution is 2.39. The number of nitrogens with one attached hydrogen (secondary N) is 1. The highest BCUT2D eigenvalue weighted by Gasteiger charge is 2.35. The second kappa shape index (κ2) is 7.56.